The van der Waals surface area contributed by atoms with Crippen LogP contribution in [-0.2, 0) is 0 Å². The lowest BCUT2D eigenvalue weighted by molar-refractivity contribution is 0.415. The van der Waals surface area contributed by atoms with Gasteiger partial charge in [0.2, 0.25) is 0 Å². The minimum Gasteiger partial charge on any atom is -0.495 e. The van der Waals surface area contributed by atoms with E-state index in [4.69, 9.17) is 51.1 Å². The predicted octanol–water partition coefficient (Wildman–Crippen LogP) is 6.79. The number of hydrogen-bond donors (Lipinski definition) is 0. The second kappa shape index (κ2) is 6.76. The number of rotatable bonds is 3. The molecule has 0 spiro atoms. The zero-order valence-electron chi connectivity index (χ0n) is 10.3. The molecule has 106 valence electrons. The van der Waals surface area contributed by atoms with E-state index in [9.17, 15) is 0 Å². The Bertz CT molecular complexity index is 645. The van der Waals surface area contributed by atoms with Crippen LogP contribution in [0.15, 0.2) is 30.3 Å². The molecular formula is C14H9BrCl4O. The molecule has 2 aromatic carbocycles. The number of ether oxygens (including phenoxy) is 1. The molecule has 0 fully saturated rings. The Morgan fingerprint density at radius 2 is 1.65 bits per heavy atom. The maximum atomic E-state index is 6.27. The second-order valence-electron chi connectivity index (χ2n) is 4.01. The molecule has 0 aliphatic rings. The van der Waals surface area contributed by atoms with E-state index in [1.165, 1.54) is 7.11 Å². The molecule has 2 rings (SSSR count). The number of methoxy groups -OCH3 is 1. The molecule has 0 radical (unpaired) electrons. The second-order valence-corrected chi connectivity index (χ2v) is 6.53. The van der Waals surface area contributed by atoms with Crippen molar-refractivity contribution in [2.45, 2.75) is 4.83 Å². The zero-order valence-corrected chi connectivity index (χ0v) is 14.9. The summed E-state index contributed by atoms with van der Waals surface area (Å²) >= 11 is 28.3. The summed E-state index contributed by atoms with van der Waals surface area (Å²) < 4.78 is 5.13. The van der Waals surface area contributed by atoms with Gasteiger partial charge in [0.1, 0.15) is 5.75 Å². The maximum absolute atomic E-state index is 6.27. The number of alkyl halides is 1. The van der Waals surface area contributed by atoms with E-state index in [2.05, 4.69) is 15.9 Å². The van der Waals surface area contributed by atoms with Crippen LogP contribution in [0, 0.1) is 0 Å². The molecule has 0 saturated heterocycles. The van der Waals surface area contributed by atoms with Crippen molar-refractivity contribution in [1.29, 1.82) is 0 Å². The van der Waals surface area contributed by atoms with Gasteiger partial charge in [0.05, 0.1) is 27.0 Å². The minimum atomic E-state index is -0.218. The summed E-state index contributed by atoms with van der Waals surface area (Å²) in [4.78, 5) is -0.218. The molecule has 2 aromatic rings. The van der Waals surface area contributed by atoms with E-state index in [0.717, 1.165) is 11.1 Å². The molecule has 6 heteroatoms. The zero-order chi connectivity index (χ0) is 14.9. The summed E-state index contributed by atoms with van der Waals surface area (Å²) in [5.74, 6) is 0.525. The molecule has 20 heavy (non-hydrogen) atoms. The van der Waals surface area contributed by atoms with Crippen molar-refractivity contribution in [1.82, 2.24) is 0 Å². The number of hydrogen-bond acceptors (Lipinski definition) is 1. The third kappa shape index (κ3) is 3.20. The summed E-state index contributed by atoms with van der Waals surface area (Å²) in [6, 6.07) is 8.86. The Morgan fingerprint density at radius 1 is 0.950 bits per heavy atom. The topological polar surface area (TPSA) is 9.23 Å². The molecule has 0 N–H and O–H groups in total. The Kier molecular flexibility index (Phi) is 5.49. The summed E-state index contributed by atoms with van der Waals surface area (Å²) in [5.41, 5.74) is 1.61. The van der Waals surface area contributed by atoms with E-state index >= 15 is 0 Å². The van der Waals surface area contributed by atoms with Crippen molar-refractivity contribution < 1.29 is 4.74 Å². The van der Waals surface area contributed by atoms with E-state index in [0.29, 0.717) is 25.8 Å². The lowest BCUT2D eigenvalue weighted by Gasteiger charge is -2.16. The Labute approximate surface area is 145 Å². The van der Waals surface area contributed by atoms with Gasteiger partial charge in [-0.05, 0) is 23.3 Å². The fourth-order valence-electron chi connectivity index (χ4n) is 1.78. The van der Waals surface area contributed by atoms with Gasteiger partial charge in [0.15, 0.2) is 0 Å². The third-order valence-electron chi connectivity index (χ3n) is 2.80. The smallest absolute Gasteiger partial charge is 0.138 e. The van der Waals surface area contributed by atoms with Crippen molar-refractivity contribution in [3.05, 3.63) is 61.5 Å². The van der Waals surface area contributed by atoms with Gasteiger partial charge >= 0.3 is 0 Å². The highest BCUT2D eigenvalue weighted by Crippen LogP contribution is 2.43. The van der Waals surface area contributed by atoms with Crippen LogP contribution in [0.4, 0.5) is 0 Å². The molecule has 0 amide bonds. The fourth-order valence-corrected chi connectivity index (χ4v) is 3.73. The predicted molar refractivity (Wildman–Crippen MR) is 90.2 cm³/mol. The van der Waals surface area contributed by atoms with Gasteiger partial charge < -0.3 is 4.74 Å². The lowest BCUT2D eigenvalue weighted by atomic mass is 10.0. The fraction of sp³-hybridized carbons (Fsp3) is 0.143. The maximum Gasteiger partial charge on any atom is 0.138 e. The van der Waals surface area contributed by atoms with E-state index in [-0.39, 0.29) is 4.83 Å². The summed E-state index contributed by atoms with van der Waals surface area (Å²) in [6.07, 6.45) is 0. The van der Waals surface area contributed by atoms with Crippen LogP contribution < -0.4 is 4.74 Å². The Hall–Kier alpha value is -0.120. The lowest BCUT2D eigenvalue weighted by Crippen LogP contribution is -1.97. The summed E-state index contributed by atoms with van der Waals surface area (Å²) in [5, 5.41) is 1.99. The van der Waals surface area contributed by atoms with E-state index in [1.54, 1.807) is 18.2 Å². The first-order valence-electron chi connectivity index (χ1n) is 5.56. The Morgan fingerprint density at radius 3 is 2.30 bits per heavy atom. The average molecular weight is 415 g/mol. The van der Waals surface area contributed by atoms with E-state index in [1.807, 2.05) is 12.1 Å². The normalized spacial score (nSPS) is 12.3. The molecule has 0 saturated carbocycles. The largest absolute Gasteiger partial charge is 0.495 e. The van der Waals surface area contributed by atoms with Gasteiger partial charge in [0.25, 0.3) is 0 Å². The van der Waals surface area contributed by atoms with Crippen molar-refractivity contribution >= 4 is 62.3 Å². The number of benzene rings is 2. The van der Waals surface area contributed by atoms with Gasteiger partial charge in [-0.25, -0.2) is 0 Å². The molecule has 0 aromatic heterocycles. The van der Waals surface area contributed by atoms with Crippen molar-refractivity contribution in [2.24, 2.45) is 0 Å². The van der Waals surface area contributed by atoms with Gasteiger partial charge in [-0.15, -0.1) is 0 Å². The third-order valence-corrected chi connectivity index (χ3v) is 5.24. The quantitative estimate of drug-likeness (QED) is 0.502. The number of halogens is 5. The van der Waals surface area contributed by atoms with Gasteiger partial charge in [-0.2, -0.15) is 0 Å². The molecule has 0 aliphatic heterocycles. The molecule has 0 aliphatic carbocycles. The van der Waals surface area contributed by atoms with E-state index < -0.39 is 0 Å². The first-order valence-corrected chi connectivity index (χ1v) is 7.99. The molecule has 0 heterocycles. The van der Waals surface area contributed by atoms with Crippen LogP contribution in [0.2, 0.25) is 20.1 Å². The minimum absolute atomic E-state index is 0.218. The molecule has 1 unspecified atom stereocenters. The molecule has 1 atom stereocenters. The van der Waals surface area contributed by atoms with Crippen LogP contribution in [0.1, 0.15) is 16.0 Å². The van der Waals surface area contributed by atoms with Gasteiger partial charge in [0, 0.05) is 11.1 Å². The van der Waals surface area contributed by atoms with Crippen LogP contribution in [-0.4, -0.2) is 7.11 Å². The molecular weight excluding hydrogens is 406 g/mol. The van der Waals surface area contributed by atoms with Gasteiger partial charge in [-0.3, -0.25) is 0 Å². The molecule has 1 nitrogen and oxygen atoms in total. The monoisotopic (exact) mass is 412 g/mol. The van der Waals surface area contributed by atoms with Crippen LogP contribution in [0.3, 0.4) is 0 Å². The average Bonchev–Trinajstić information content (AvgIpc) is 2.43. The van der Waals surface area contributed by atoms with Crippen LogP contribution >= 0.6 is 62.3 Å². The SMILES string of the molecule is COc1cc(Cl)c(C(Br)c2cccc(Cl)c2Cl)cc1Cl. The first-order chi connectivity index (χ1) is 9.45. The van der Waals surface area contributed by atoms with Crippen molar-refractivity contribution in [3.63, 3.8) is 0 Å². The standard InChI is InChI=1S/C14H9BrCl4O/c1-20-12-6-10(17)8(5-11(12)18)13(15)7-3-2-4-9(16)14(7)19/h2-6,13H,1H3. The summed E-state index contributed by atoms with van der Waals surface area (Å²) in [7, 11) is 1.54. The van der Waals surface area contributed by atoms with Crippen molar-refractivity contribution in [2.75, 3.05) is 7.11 Å². The highest BCUT2D eigenvalue weighted by molar-refractivity contribution is 9.09. The highest BCUT2D eigenvalue weighted by Gasteiger charge is 2.20. The summed E-state index contributed by atoms with van der Waals surface area (Å²) in [6.45, 7) is 0. The van der Waals surface area contributed by atoms with Crippen molar-refractivity contribution in [3.8, 4) is 5.75 Å². The van der Waals surface area contributed by atoms with Crippen LogP contribution in [0.25, 0.3) is 0 Å². The molecule has 0 bridgehead atoms. The Balaban J connectivity index is 2.51. The first kappa shape index (κ1) is 16.3. The van der Waals surface area contributed by atoms with Crippen LogP contribution in [0.5, 0.6) is 5.75 Å². The van der Waals surface area contributed by atoms with Gasteiger partial charge in [-0.1, -0.05) is 74.5 Å². The highest BCUT2D eigenvalue weighted by atomic mass is 79.9.